The third kappa shape index (κ3) is 3.71. The second-order valence-electron chi connectivity index (χ2n) is 5.85. The SMILES string of the molecule is CC(c1ccccc1)n1ccc(NC(=O)N(CCO)C2CC2)n1. The number of amides is 2. The molecule has 0 radical (unpaired) electrons. The number of aromatic nitrogens is 2. The Balaban J connectivity index is 1.66. The Kier molecular flexibility index (Phi) is 4.62. The molecule has 1 saturated carbocycles. The minimum atomic E-state index is -0.195. The molecule has 2 aromatic rings. The van der Waals surface area contributed by atoms with Crippen LogP contribution in [0.5, 0.6) is 0 Å². The number of aliphatic hydroxyl groups excluding tert-OH is 1. The van der Waals surface area contributed by atoms with Gasteiger partial charge in [0.2, 0.25) is 0 Å². The van der Waals surface area contributed by atoms with Crippen molar-refractivity contribution in [3.05, 3.63) is 48.2 Å². The van der Waals surface area contributed by atoms with Crippen LogP contribution in [0.1, 0.15) is 31.4 Å². The molecule has 0 bridgehead atoms. The summed E-state index contributed by atoms with van der Waals surface area (Å²) in [5.41, 5.74) is 1.16. The van der Waals surface area contributed by atoms with E-state index in [0.29, 0.717) is 12.4 Å². The number of nitrogens with one attached hydrogen (secondary N) is 1. The van der Waals surface area contributed by atoms with Gasteiger partial charge in [-0.2, -0.15) is 5.10 Å². The van der Waals surface area contributed by atoms with Gasteiger partial charge in [-0.25, -0.2) is 4.79 Å². The van der Waals surface area contributed by atoms with Gasteiger partial charge in [0.15, 0.2) is 5.82 Å². The number of urea groups is 1. The first-order valence-electron chi connectivity index (χ1n) is 7.97. The molecule has 2 amide bonds. The highest BCUT2D eigenvalue weighted by Crippen LogP contribution is 2.27. The Bertz CT molecular complexity index is 652. The molecule has 6 nitrogen and oxygen atoms in total. The first-order valence-corrected chi connectivity index (χ1v) is 7.97. The summed E-state index contributed by atoms with van der Waals surface area (Å²) in [4.78, 5) is 14.0. The van der Waals surface area contributed by atoms with Crippen LogP contribution in [0.25, 0.3) is 0 Å². The molecule has 1 aliphatic rings. The van der Waals surface area contributed by atoms with E-state index in [1.54, 1.807) is 11.0 Å². The van der Waals surface area contributed by atoms with Gasteiger partial charge in [-0.3, -0.25) is 10.00 Å². The Morgan fingerprint density at radius 2 is 2.13 bits per heavy atom. The molecule has 1 aromatic heterocycles. The fraction of sp³-hybridized carbons (Fsp3) is 0.412. The van der Waals surface area contributed by atoms with Crippen LogP contribution >= 0.6 is 0 Å². The minimum absolute atomic E-state index is 0.0244. The molecular formula is C17H22N4O2. The van der Waals surface area contributed by atoms with E-state index in [9.17, 15) is 4.79 Å². The molecule has 0 spiro atoms. The molecule has 0 saturated heterocycles. The summed E-state index contributed by atoms with van der Waals surface area (Å²) < 4.78 is 1.83. The molecule has 122 valence electrons. The Hall–Kier alpha value is -2.34. The summed E-state index contributed by atoms with van der Waals surface area (Å²) in [6.45, 7) is 2.40. The van der Waals surface area contributed by atoms with Crippen molar-refractivity contribution in [3.8, 4) is 0 Å². The van der Waals surface area contributed by atoms with Gasteiger partial charge in [-0.05, 0) is 25.3 Å². The van der Waals surface area contributed by atoms with Gasteiger partial charge in [0.25, 0.3) is 0 Å². The molecule has 1 aromatic carbocycles. The molecule has 1 aliphatic carbocycles. The molecular weight excluding hydrogens is 292 g/mol. The zero-order valence-electron chi connectivity index (χ0n) is 13.2. The molecule has 23 heavy (non-hydrogen) atoms. The van der Waals surface area contributed by atoms with Crippen LogP contribution in [-0.4, -0.2) is 45.0 Å². The van der Waals surface area contributed by atoms with Gasteiger partial charge < -0.3 is 10.0 Å². The molecule has 0 aliphatic heterocycles. The third-order valence-electron chi connectivity index (χ3n) is 4.11. The van der Waals surface area contributed by atoms with Crippen molar-refractivity contribution in [2.24, 2.45) is 0 Å². The summed E-state index contributed by atoms with van der Waals surface area (Å²) in [5, 5.41) is 16.4. The molecule has 1 fully saturated rings. The van der Waals surface area contributed by atoms with Crippen molar-refractivity contribution >= 4 is 11.8 Å². The van der Waals surface area contributed by atoms with Gasteiger partial charge in [-0.1, -0.05) is 30.3 Å². The topological polar surface area (TPSA) is 70.4 Å². The normalized spacial score (nSPS) is 15.2. The average molecular weight is 314 g/mol. The van der Waals surface area contributed by atoms with Gasteiger partial charge in [0.1, 0.15) is 0 Å². The van der Waals surface area contributed by atoms with Crippen LogP contribution < -0.4 is 5.32 Å². The zero-order valence-corrected chi connectivity index (χ0v) is 13.2. The quantitative estimate of drug-likeness (QED) is 0.860. The van der Waals surface area contributed by atoms with Crippen molar-refractivity contribution in [1.82, 2.24) is 14.7 Å². The largest absolute Gasteiger partial charge is 0.395 e. The smallest absolute Gasteiger partial charge is 0.323 e. The number of aliphatic hydroxyl groups is 1. The number of hydrogen-bond donors (Lipinski definition) is 2. The number of benzene rings is 1. The lowest BCUT2D eigenvalue weighted by Crippen LogP contribution is -2.38. The maximum Gasteiger partial charge on any atom is 0.323 e. The second-order valence-corrected chi connectivity index (χ2v) is 5.85. The number of nitrogens with zero attached hydrogens (tertiary/aromatic N) is 3. The Labute approximate surface area is 135 Å². The molecule has 1 atom stereocenters. The van der Waals surface area contributed by atoms with E-state index < -0.39 is 0 Å². The summed E-state index contributed by atoms with van der Waals surface area (Å²) in [7, 11) is 0. The van der Waals surface area contributed by atoms with E-state index in [2.05, 4.69) is 29.5 Å². The molecule has 2 N–H and O–H groups in total. The predicted octanol–water partition coefficient (Wildman–Crippen LogP) is 2.48. The van der Waals surface area contributed by atoms with Gasteiger partial charge >= 0.3 is 6.03 Å². The van der Waals surface area contributed by atoms with E-state index in [1.165, 1.54) is 0 Å². The predicted molar refractivity (Wildman–Crippen MR) is 88.3 cm³/mol. The Morgan fingerprint density at radius 1 is 1.39 bits per heavy atom. The van der Waals surface area contributed by atoms with E-state index in [0.717, 1.165) is 18.4 Å². The summed E-state index contributed by atoms with van der Waals surface area (Å²) in [5.74, 6) is 0.529. The summed E-state index contributed by atoms with van der Waals surface area (Å²) in [6, 6.07) is 12.0. The van der Waals surface area contributed by atoms with Crippen LogP contribution in [0.2, 0.25) is 0 Å². The van der Waals surface area contributed by atoms with Crippen LogP contribution in [0.4, 0.5) is 10.6 Å². The van der Waals surface area contributed by atoms with Crippen molar-refractivity contribution in [2.75, 3.05) is 18.5 Å². The number of carbonyl (C=O) groups excluding carboxylic acids is 1. The number of hydrogen-bond acceptors (Lipinski definition) is 3. The molecule has 3 rings (SSSR count). The zero-order chi connectivity index (χ0) is 16.2. The number of rotatable bonds is 6. The lowest BCUT2D eigenvalue weighted by atomic mass is 10.1. The maximum absolute atomic E-state index is 12.3. The fourth-order valence-electron chi connectivity index (χ4n) is 2.63. The van der Waals surface area contributed by atoms with Crippen molar-refractivity contribution in [1.29, 1.82) is 0 Å². The average Bonchev–Trinajstić information content (AvgIpc) is 3.31. The van der Waals surface area contributed by atoms with E-state index in [4.69, 9.17) is 5.11 Å². The fourth-order valence-corrected chi connectivity index (χ4v) is 2.63. The molecule has 1 heterocycles. The van der Waals surface area contributed by atoms with Crippen LogP contribution in [0, 0.1) is 0 Å². The number of anilines is 1. The molecule has 6 heteroatoms. The summed E-state index contributed by atoms with van der Waals surface area (Å²) in [6.07, 6.45) is 3.88. The van der Waals surface area contributed by atoms with Crippen molar-refractivity contribution < 1.29 is 9.90 Å². The van der Waals surface area contributed by atoms with Crippen LogP contribution in [-0.2, 0) is 0 Å². The van der Waals surface area contributed by atoms with Crippen LogP contribution in [0.15, 0.2) is 42.6 Å². The first-order chi connectivity index (χ1) is 11.2. The maximum atomic E-state index is 12.3. The summed E-state index contributed by atoms with van der Waals surface area (Å²) >= 11 is 0. The van der Waals surface area contributed by atoms with Crippen molar-refractivity contribution in [3.63, 3.8) is 0 Å². The van der Waals surface area contributed by atoms with Crippen molar-refractivity contribution in [2.45, 2.75) is 31.8 Å². The second kappa shape index (κ2) is 6.83. The Morgan fingerprint density at radius 3 is 2.78 bits per heavy atom. The standard InChI is InChI=1S/C17H22N4O2/c1-13(14-5-3-2-4-6-14)21-10-9-16(19-21)18-17(23)20(11-12-22)15-7-8-15/h2-6,9-10,13,15,22H,7-8,11-12H2,1H3,(H,18,19,23). The highest BCUT2D eigenvalue weighted by Gasteiger charge is 2.32. The van der Waals surface area contributed by atoms with E-state index >= 15 is 0 Å². The van der Waals surface area contributed by atoms with Gasteiger partial charge in [0.05, 0.1) is 12.6 Å². The minimum Gasteiger partial charge on any atom is -0.395 e. The molecule has 1 unspecified atom stereocenters. The van der Waals surface area contributed by atoms with E-state index in [-0.39, 0.29) is 24.7 Å². The highest BCUT2D eigenvalue weighted by molar-refractivity contribution is 5.88. The first kappa shape index (κ1) is 15.6. The lowest BCUT2D eigenvalue weighted by molar-refractivity contribution is 0.185. The van der Waals surface area contributed by atoms with Crippen LogP contribution in [0.3, 0.4) is 0 Å². The van der Waals surface area contributed by atoms with Gasteiger partial charge in [-0.15, -0.1) is 0 Å². The third-order valence-corrected chi connectivity index (χ3v) is 4.11. The van der Waals surface area contributed by atoms with E-state index in [1.807, 2.05) is 29.1 Å². The highest BCUT2D eigenvalue weighted by atomic mass is 16.3. The van der Waals surface area contributed by atoms with Gasteiger partial charge in [0, 0.05) is 24.8 Å². The lowest BCUT2D eigenvalue weighted by Gasteiger charge is -2.21. The number of carbonyl (C=O) groups is 1. The monoisotopic (exact) mass is 314 g/mol.